The van der Waals surface area contributed by atoms with Crippen LogP contribution in [0.25, 0.3) is 11.0 Å². The van der Waals surface area contributed by atoms with Gasteiger partial charge in [-0.05, 0) is 31.4 Å². The van der Waals surface area contributed by atoms with Crippen LogP contribution in [0, 0.1) is 0 Å². The Balaban J connectivity index is 1.87. The monoisotopic (exact) mass is 273 g/mol. The number of imidazole rings is 1. The number of carbonyl (C=O) groups excluding carboxylic acids is 1. The van der Waals surface area contributed by atoms with Gasteiger partial charge in [0.15, 0.2) is 0 Å². The first-order valence-corrected chi connectivity index (χ1v) is 7.12. The number of hydrogen-bond acceptors (Lipinski definition) is 3. The van der Waals surface area contributed by atoms with E-state index in [0.29, 0.717) is 5.82 Å². The molecule has 0 bridgehead atoms. The van der Waals surface area contributed by atoms with Gasteiger partial charge in [-0.3, -0.25) is 4.79 Å². The van der Waals surface area contributed by atoms with Crippen molar-refractivity contribution in [3.05, 3.63) is 30.1 Å². The van der Waals surface area contributed by atoms with Crippen molar-refractivity contribution in [1.29, 1.82) is 0 Å². The van der Waals surface area contributed by atoms with Gasteiger partial charge in [-0.1, -0.05) is 12.1 Å². The fraction of sp³-hybridized carbons (Fsp3) is 0.467. The summed E-state index contributed by atoms with van der Waals surface area (Å²) < 4.78 is 1.83. The number of para-hydroxylation sites is 2. The van der Waals surface area contributed by atoms with Gasteiger partial charge in [0.05, 0.1) is 11.0 Å². The van der Waals surface area contributed by atoms with Gasteiger partial charge in [0.1, 0.15) is 19.0 Å². The van der Waals surface area contributed by atoms with E-state index in [0.717, 1.165) is 37.0 Å². The molecule has 5 heteroatoms. The van der Waals surface area contributed by atoms with Crippen molar-refractivity contribution in [1.82, 2.24) is 14.5 Å². The van der Waals surface area contributed by atoms with E-state index < -0.39 is 0 Å². The minimum atomic E-state index is -0.151. The van der Waals surface area contributed by atoms with E-state index in [4.69, 9.17) is 0 Å². The van der Waals surface area contributed by atoms with Crippen LogP contribution in [0.2, 0.25) is 0 Å². The van der Waals surface area contributed by atoms with E-state index in [9.17, 15) is 9.90 Å². The normalized spacial score (nSPS) is 15.8. The van der Waals surface area contributed by atoms with Gasteiger partial charge in [0.25, 0.3) is 0 Å². The number of piperidine rings is 1. The Morgan fingerprint density at radius 1 is 1.20 bits per heavy atom. The van der Waals surface area contributed by atoms with Gasteiger partial charge in [0.2, 0.25) is 5.91 Å². The Morgan fingerprint density at radius 3 is 2.70 bits per heavy atom. The minimum Gasteiger partial charge on any atom is -0.388 e. The molecule has 0 radical (unpaired) electrons. The average Bonchev–Trinajstić information content (AvgIpc) is 2.86. The number of amides is 1. The van der Waals surface area contributed by atoms with Gasteiger partial charge < -0.3 is 14.6 Å². The maximum absolute atomic E-state index is 12.4. The molecule has 0 aliphatic carbocycles. The summed E-state index contributed by atoms with van der Waals surface area (Å²) in [6.07, 6.45) is 3.38. The second kappa shape index (κ2) is 5.63. The summed E-state index contributed by atoms with van der Waals surface area (Å²) in [6.45, 7) is 1.80. The van der Waals surface area contributed by atoms with Gasteiger partial charge in [-0.25, -0.2) is 4.98 Å². The zero-order valence-corrected chi connectivity index (χ0v) is 11.5. The lowest BCUT2D eigenvalue weighted by Gasteiger charge is -2.27. The van der Waals surface area contributed by atoms with Gasteiger partial charge >= 0.3 is 0 Å². The van der Waals surface area contributed by atoms with Crippen LogP contribution in [0.5, 0.6) is 0 Å². The summed E-state index contributed by atoms with van der Waals surface area (Å²) in [6, 6.07) is 7.67. The van der Waals surface area contributed by atoms with Crippen molar-refractivity contribution in [3.63, 3.8) is 0 Å². The van der Waals surface area contributed by atoms with Crippen LogP contribution >= 0.6 is 0 Å². The molecule has 1 aromatic carbocycles. The van der Waals surface area contributed by atoms with Crippen molar-refractivity contribution in [2.45, 2.75) is 32.4 Å². The fourth-order valence-electron chi connectivity index (χ4n) is 2.80. The van der Waals surface area contributed by atoms with Crippen LogP contribution in [-0.2, 0) is 17.9 Å². The predicted octanol–water partition coefficient (Wildman–Crippen LogP) is 1.54. The molecule has 1 fully saturated rings. The molecular formula is C15H19N3O2. The quantitative estimate of drug-likeness (QED) is 0.923. The Bertz CT molecular complexity index is 615. The summed E-state index contributed by atoms with van der Waals surface area (Å²) in [7, 11) is 0. The molecule has 1 N–H and O–H groups in total. The number of aromatic nitrogens is 2. The Hall–Kier alpha value is -1.88. The summed E-state index contributed by atoms with van der Waals surface area (Å²) in [5, 5.41) is 9.43. The SMILES string of the molecule is O=C(Cn1c(CO)nc2ccccc21)N1CCCCC1. The van der Waals surface area contributed by atoms with Crippen LogP contribution in [0.4, 0.5) is 0 Å². The smallest absolute Gasteiger partial charge is 0.242 e. The molecule has 1 aliphatic rings. The highest BCUT2D eigenvalue weighted by molar-refractivity contribution is 5.81. The first kappa shape index (κ1) is 13.1. The highest BCUT2D eigenvalue weighted by Crippen LogP contribution is 2.17. The fourth-order valence-corrected chi connectivity index (χ4v) is 2.80. The molecule has 1 aliphatic heterocycles. The van der Waals surface area contributed by atoms with Gasteiger partial charge in [-0.15, -0.1) is 0 Å². The average molecular weight is 273 g/mol. The van der Waals surface area contributed by atoms with E-state index in [1.54, 1.807) is 0 Å². The summed E-state index contributed by atoms with van der Waals surface area (Å²) in [5.41, 5.74) is 1.73. The maximum atomic E-state index is 12.4. The number of hydrogen-bond donors (Lipinski definition) is 1. The lowest BCUT2D eigenvalue weighted by molar-refractivity contribution is -0.132. The van der Waals surface area contributed by atoms with E-state index in [-0.39, 0.29) is 19.1 Å². The first-order valence-electron chi connectivity index (χ1n) is 7.12. The van der Waals surface area contributed by atoms with Crippen molar-refractivity contribution in [3.8, 4) is 0 Å². The summed E-state index contributed by atoms with van der Waals surface area (Å²) in [5.74, 6) is 0.666. The Labute approximate surface area is 117 Å². The zero-order valence-electron chi connectivity index (χ0n) is 11.5. The van der Waals surface area contributed by atoms with Gasteiger partial charge in [0, 0.05) is 13.1 Å². The highest BCUT2D eigenvalue weighted by atomic mass is 16.3. The molecule has 0 saturated carbocycles. The van der Waals surface area contributed by atoms with Crippen LogP contribution in [0.3, 0.4) is 0 Å². The predicted molar refractivity (Wildman–Crippen MR) is 76.1 cm³/mol. The molecule has 106 valence electrons. The molecule has 0 atom stereocenters. The summed E-state index contributed by atoms with van der Waals surface area (Å²) in [4.78, 5) is 18.7. The molecule has 2 heterocycles. The number of aliphatic hydroxyl groups is 1. The van der Waals surface area contributed by atoms with Crippen molar-refractivity contribution < 1.29 is 9.90 Å². The Morgan fingerprint density at radius 2 is 1.95 bits per heavy atom. The highest BCUT2D eigenvalue weighted by Gasteiger charge is 2.19. The first-order chi connectivity index (χ1) is 9.79. The molecule has 0 spiro atoms. The van der Waals surface area contributed by atoms with Crippen LogP contribution in [-0.4, -0.2) is 38.6 Å². The molecule has 3 rings (SSSR count). The third-order valence-corrected chi connectivity index (χ3v) is 3.88. The number of rotatable bonds is 3. The third kappa shape index (κ3) is 2.41. The van der Waals surface area contributed by atoms with Crippen molar-refractivity contribution >= 4 is 16.9 Å². The van der Waals surface area contributed by atoms with E-state index >= 15 is 0 Å². The van der Waals surface area contributed by atoms with E-state index in [1.807, 2.05) is 33.7 Å². The molecule has 5 nitrogen and oxygen atoms in total. The van der Waals surface area contributed by atoms with Crippen LogP contribution in [0.15, 0.2) is 24.3 Å². The minimum absolute atomic E-state index is 0.113. The zero-order chi connectivity index (χ0) is 13.9. The standard InChI is InChI=1S/C15H19N3O2/c19-11-14-16-12-6-2-3-7-13(12)18(14)10-15(20)17-8-4-1-5-9-17/h2-3,6-7,19H,1,4-5,8-11H2. The molecule has 0 unspecified atom stereocenters. The maximum Gasteiger partial charge on any atom is 0.242 e. The van der Waals surface area contributed by atoms with Crippen molar-refractivity contribution in [2.24, 2.45) is 0 Å². The lowest BCUT2D eigenvalue weighted by Crippen LogP contribution is -2.38. The molecule has 1 saturated heterocycles. The Kier molecular flexibility index (Phi) is 3.69. The topological polar surface area (TPSA) is 58.4 Å². The lowest BCUT2D eigenvalue weighted by atomic mass is 10.1. The molecule has 20 heavy (non-hydrogen) atoms. The number of benzene rings is 1. The van der Waals surface area contributed by atoms with Crippen LogP contribution < -0.4 is 0 Å². The molecule has 2 aromatic rings. The largest absolute Gasteiger partial charge is 0.388 e. The number of carbonyl (C=O) groups is 1. The van der Waals surface area contributed by atoms with Gasteiger partial charge in [-0.2, -0.15) is 0 Å². The van der Waals surface area contributed by atoms with E-state index in [1.165, 1.54) is 6.42 Å². The third-order valence-electron chi connectivity index (χ3n) is 3.88. The molecule has 1 aromatic heterocycles. The second-order valence-corrected chi connectivity index (χ2v) is 5.20. The number of likely N-dealkylation sites (tertiary alicyclic amines) is 1. The molecular weight excluding hydrogens is 254 g/mol. The number of aliphatic hydroxyl groups excluding tert-OH is 1. The number of fused-ring (bicyclic) bond motifs is 1. The van der Waals surface area contributed by atoms with Crippen molar-refractivity contribution in [2.75, 3.05) is 13.1 Å². The van der Waals surface area contributed by atoms with Crippen LogP contribution in [0.1, 0.15) is 25.1 Å². The second-order valence-electron chi connectivity index (χ2n) is 5.20. The molecule has 1 amide bonds. The summed E-state index contributed by atoms with van der Waals surface area (Å²) >= 11 is 0. The number of nitrogens with zero attached hydrogens (tertiary/aromatic N) is 3. The van der Waals surface area contributed by atoms with E-state index in [2.05, 4.69) is 4.98 Å².